The molecule has 0 saturated heterocycles. The summed E-state index contributed by atoms with van der Waals surface area (Å²) in [4.78, 5) is 23.1. The van der Waals surface area contributed by atoms with Crippen molar-refractivity contribution in [3.8, 4) is 0 Å². The number of benzene rings is 1. The van der Waals surface area contributed by atoms with Gasteiger partial charge in [0.15, 0.2) is 0 Å². The average Bonchev–Trinajstić information content (AvgIpc) is 2.77. The highest BCUT2D eigenvalue weighted by Crippen LogP contribution is 2.26. The Morgan fingerprint density at radius 3 is 2.67 bits per heavy atom. The lowest BCUT2D eigenvalue weighted by atomic mass is 10.0. The second-order valence-electron chi connectivity index (χ2n) is 4.44. The van der Waals surface area contributed by atoms with Crippen molar-refractivity contribution < 1.29 is 14.7 Å². The number of rotatable bonds is 3. The fourth-order valence-electron chi connectivity index (χ4n) is 2.32. The monoisotopic (exact) mass is 311 g/mol. The van der Waals surface area contributed by atoms with Crippen LogP contribution in [0.2, 0.25) is 0 Å². The highest BCUT2D eigenvalue weighted by Gasteiger charge is 2.34. The van der Waals surface area contributed by atoms with Crippen LogP contribution in [-0.2, 0) is 4.79 Å². The molecule has 0 spiro atoms. The van der Waals surface area contributed by atoms with E-state index >= 15 is 0 Å². The molecule has 2 atom stereocenters. The van der Waals surface area contributed by atoms with Gasteiger partial charge in [-0.1, -0.05) is 18.6 Å². The highest BCUT2D eigenvalue weighted by atomic mass is 79.9. The lowest BCUT2D eigenvalue weighted by molar-refractivity contribution is -0.142. The summed E-state index contributed by atoms with van der Waals surface area (Å²) in [7, 11) is 0. The normalized spacial score (nSPS) is 22.7. The minimum atomic E-state index is -0.829. The van der Waals surface area contributed by atoms with Gasteiger partial charge in [-0.05, 0) is 40.9 Å². The largest absolute Gasteiger partial charge is 0.481 e. The summed E-state index contributed by atoms with van der Waals surface area (Å²) in [6.07, 6.45) is 2.21. The zero-order valence-electron chi connectivity index (χ0n) is 9.73. The topological polar surface area (TPSA) is 66.4 Å². The molecular formula is C13H14BrNO3. The van der Waals surface area contributed by atoms with Crippen LogP contribution in [0.25, 0.3) is 0 Å². The third-order valence-electron chi connectivity index (χ3n) is 3.27. The molecule has 0 aliphatic heterocycles. The lowest BCUT2D eigenvalue weighted by Gasteiger charge is -2.17. The van der Waals surface area contributed by atoms with Gasteiger partial charge < -0.3 is 10.4 Å². The van der Waals surface area contributed by atoms with E-state index in [1.807, 2.05) is 6.07 Å². The van der Waals surface area contributed by atoms with Gasteiger partial charge in [0.25, 0.3) is 5.91 Å². The lowest BCUT2D eigenvalue weighted by Crippen LogP contribution is -2.40. The molecular weight excluding hydrogens is 298 g/mol. The molecule has 1 fully saturated rings. The second-order valence-corrected chi connectivity index (χ2v) is 5.29. The molecule has 1 aromatic carbocycles. The van der Waals surface area contributed by atoms with E-state index in [0.29, 0.717) is 16.5 Å². The van der Waals surface area contributed by atoms with Gasteiger partial charge in [0.2, 0.25) is 0 Å². The Morgan fingerprint density at radius 1 is 1.28 bits per heavy atom. The van der Waals surface area contributed by atoms with Gasteiger partial charge in [0, 0.05) is 10.5 Å². The van der Waals surface area contributed by atoms with Gasteiger partial charge in [-0.25, -0.2) is 0 Å². The number of aliphatic carboxylic acids is 1. The number of amides is 1. The number of nitrogens with one attached hydrogen (secondary N) is 1. The summed E-state index contributed by atoms with van der Waals surface area (Å²) in [5, 5.41) is 11.9. The summed E-state index contributed by atoms with van der Waals surface area (Å²) < 4.78 is 0.715. The fraction of sp³-hybridized carbons (Fsp3) is 0.385. The maximum atomic E-state index is 12.1. The van der Waals surface area contributed by atoms with E-state index in [0.717, 1.165) is 12.8 Å². The van der Waals surface area contributed by atoms with Crippen molar-refractivity contribution in [2.45, 2.75) is 25.3 Å². The third kappa shape index (κ3) is 2.72. The molecule has 0 bridgehead atoms. The fourth-order valence-corrected chi connectivity index (χ4v) is 2.78. The molecule has 1 saturated carbocycles. The number of hydrogen-bond acceptors (Lipinski definition) is 2. The first-order valence-electron chi connectivity index (χ1n) is 5.88. The minimum absolute atomic E-state index is 0.222. The van der Waals surface area contributed by atoms with Crippen LogP contribution in [0, 0.1) is 5.92 Å². The van der Waals surface area contributed by atoms with Gasteiger partial charge in [-0.15, -0.1) is 0 Å². The van der Waals surface area contributed by atoms with Crippen LogP contribution in [0.4, 0.5) is 0 Å². The van der Waals surface area contributed by atoms with E-state index in [2.05, 4.69) is 21.2 Å². The van der Waals surface area contributed by atoms with Crippen molar-refractivity contribution in [3.63, 3.8) is 0 Å². The van der Waals surface area contributed by atoms with Crippen LogP contribution >= 0.6 is 15.9 Å². The van der Waals surface area contributed by atoms with Crippen molar-refractivity contribution in [3.05, 3.63) is 34.3 Å². The van der Waals surface area contributed by atoms with Crippen LogP contribution in [0.3, 0.4) is 0 Å². The molecule has 4 nitrogen and oxygen atoms in total. The van der Waals surface area contributed by atoms with E-state index in [9.17, 15) is 9.59 Å². The van der Waals surface area contributed by atoms with Crippen molar-refractivity contribution in [1.29, 1.82) is 0 Å². The molecule has 18 heavy (non-hydrogen) atoms. The number of halogens is 1. The summed E-state index contributed by atoms with van der Waals surface area (Å²) in [5.41, 5.74) is 0.536. The molecule has 1 aromatic rings. The van der Waals surface area contributed by atoms with Gasteiger partial charge >= 0.3 is 5.97 Å². The number of hydrogen-bond donors (Lipinski definition) is 2. The van der Waals surface area contributed by atoms with Crippen LogP contribution in [0.5, 0.6) is 0 Å². The Bertz CT molecular complexity index is 475. The van der Waals surface area contributed by atoms with E-state index < -0.39 is 11.9 Å². The third-order valence-corrected chi connectivity index (χ3v) is 3.96. The van der Waals surface area contributed by atoms with E-state index in [1.165, 1.54) is 0 Å². The Morgan fingerprint density at radius 2 is 2.00 bits per heavy atom. The minimum Gasteiger partial charge on any atom is -0.481 e. The first-order chi connectivity index (χ1) is 8.59. The Balaban J connectivity index is 2.08. The van der Waals surface area contributed by atoms with Crippen molar-refractivity contribution >= 4 is 27.8 Å². The Labute approximate surface area is 114 Å². The number of carboxylic acid groups (broad SMARTS) is 1. The second kappa shape index (κ2) is 5.52. The van der Waals surface area contributed by atoms with Crippen LogP contribution in [0.15, 0.2) is 28.7 Å². The smallest absolute Gasteiger partial charge is 0.308 e. The van der Waals surface area contributed by atoms with Gasteiger partial charge in [0.1, 0.15) is 0 Å². The zero-order valence-corrected chi connectivity index (χ0v) is 11.3. The summed E-state index contributed by atoms with van der Waals surface area (Å²) in [5.74, 6) is -1.51. The molecule has 2 rings (SSSR count). The predicted octanol–water partition coefficient (Wildman–Crippen LogP) is 2.43. The van der Waals surface area contributed by atoms with Crippen LogP contribution in [0.1, 0.15) is 29.6 Å². The van der Waals surface area contributed by atoms with Crippen molar-refractivity contribution in [2.24, 2.45) is 5.92 Å². The first kappa shape index (κ1) is 13.1. The SMILES string of the molecule is O=C(N[C@H]1CCC[C@H]1C(=O)O)c1ccccc1Br. The summed E-state index contributed by atoms with van der Waals surface area (Å²) in [6, 6.07) is 6.85. The number of carbonyl (C=O) groups is 2. The molecule has 96 valence electrons. The molecule has 1 aliphatic rings. The standard InChI is InChI=1S/C13H14BrNO3/c14-10-6-2-1-4-8(10)12(16)15-11-7-3-5-9(11)13(17)18/h1-2,4,6,9,11H,3,5,7H2,(H,15,16)(H,17,18)/t9-,11+/m1/s1. The maximum absolute atomic E-state index is 12.1. The summed E-state index contributed by atoms with van der Waals surface area (Å²) >= 11 is 3.31. The molecule has 0 radical (unpaired) electrons. The zero-order chi connectivity index (χ0) is 13.1. The van der Waals surface area contributed by atoms with Gasteiger partial charge in [-0.2, -0.15) is 0 Å². The summed E-state index contributed by atoms with van der Waals surface area (Å²) in [6.45, 7) is 0. The van der Waals surface area contributed by atoms with E-state index in [1.54, 1.807) is 18.2 Å². The van der Waals surface area contributed by atoms with Crippen molar-refractivity contribution in [1.82, 2.24) is 5.32 Å². The molecule has 5 heteroatoms. The first-order valence-corrected chi connectivity index (χ1v) is 6.67. The van der Waals surface area contributed by atoms with Crippen LogP contribution in [-0.4, -0.2) is 23.0 Å². The predicted molar refractivity (Wildman–Crippen MR) is 70.4 cm³/mol. The van der Waals surface area contributed by atoms with Crippen molar-refractivity contribution in [2.75, 3.05) is 0 Å². The number of carbonyl (C=O) groups excluding carboxylic acids is 1. The van der Waals surface area contributed by atoms with Gasteiger partial charge in [0.05, 0.1) is 11.5 Å². The quantitative estimate of drug-likeness (QED) is 0.901. The molecule has 0 heterocycles. The maximum Gasteiger partial charge on any atom is 0.308 e. The molecule has 1 aliphatic carbocycles. The molecule has 1 amide bonds. The Kier molecular flexibility index (Phi) is 4.01. The van der Waals surface area contributed by atoms with E-state index in [4.69, 9.17) is 5.11 Å². The van der Waals surface area contributed by atoms with E-state index in [-0.39, 0.29) is 11.9 Å². The Hall–Kier alpha value is -1.36. The van der Waals surface area contributed by atoms with Gasteiger partial charge in [-0.3, -0.25) is 9.59 Å². The highest BCUT2D eigenvalue weighted by molar-refractivity contribution is 9.10. The average molecular weight is 312 g/mol. The molecule has 2 N–H and O–H groups in total. The number of carboxylic acids is 1. The molecule has 0 aromatic heterocycles. The van der Waals surface area contributed by atoms with Crippen LogP contribution < -0.4 is 5.32 Å². The molecule has 0 unspecified atom stereocenters.